The number of nitrogens with one attached hydrogen (secondary N) is 2. The summed E-state index contributed by atoms with van der Waals surface area (Å²) in [5, 5.41) is 5.12. The number of benzene rings is 1. The van der Waals surface area contributed by atoms with Crippen LogP contribution in [0.3, 0.4) is 0 Å². The van der Waals surface area contributed by atoms with Crippen LogP contribution in [0.2, 0.25) is 0 Å². The number of rotatable bonds is 5. The van der Waals surface area contributed by atoms with Gasteiger partial charge in [0.25, 0.3) is 5.91 Å². The van der Waals surface area contributed by atoms with E-state index in [2.05, 4.69) is 10.3 Å². The van der Waals surface area contributed by atoms with Crippen LogP contribution in [0.15, 0.2) is 51.5 Å². The summed E-state index contributed by atoms with van der Waals surface area (Å²) in [6.45, 7) is 1.34. The predicted octanol–water partition coefficient (Wildman–Crippen LogP) is 2.30. The number of aromatic amines is 1. The van der Waals surface area contributed by atoms with Crippen LogP contribution < -0.4 is 10.9 Å². The van der Waals surface area contributed by atoms with E-state index in [9.17, 15) is 18.0 Å². The molecule has 146 valence electrons. The molecule has 9 heteroatoms. The smallest absolute Gasteiger partial charge is 0.252 e. The van der Waals surface area contributed by atoms with E-state index >= 15 is 0 Å². The Morgan fingerprint density at radius 2 is 1.96 bits per heavy atom. The number of aromatic nitrogens is 1. The summed E-state index contributed by atoms with van der Waals surface area (Å²) in [5.74, 6) is -0.416. The first-order valence-corrected chi connectivity index (χ1v) is 11.2. The van der Waals surface area contributed by atoms with E-state index < -0.39 is 21.5 Å². The molecule has 7 nitrogen and oxygen atoms in total. The van der Waals surface area contributed by atoms with Crippen molar-refractivity contribution in [1.82, 2.24) is 14.6 Å². The maximum absolute atomic E-state index is 12.9. The van der Waals surface area contributed by atoms with Crippen LogP contribution in [0.1, 0.15) is 28.1 Å². The summed E-state index contributed by atoms with van der Waals surface area (Å²) in [7, 11) is -3.62. The third-order valence-corrected chi connectivity index (χ3v) is 7.54. The molecule has 2 aromatic heterocycles. The maximum Gasteiger partial charge on any atom is 0.252 e. The number of pyridine rings is 1. The molecule has 4 rings (SSSR count). The fraction of sp³-hybridized carbons (Fsp3) is 0.263. The molecule has 28 heavy (non-hydrogen) atoms. The average molecular weight is 418 g/mol. The van der Waals surface area contributed by atoms with Gasteiger partial charge in [-0.3, -0.25) is 9.59 Å². The number of nitrogens with zero attached hydrogens (tertiary/aromatic N) is 1. The Hall–Kier alpha value is -2.49. The lowest BCUT2D eigenvalue weighted by molar-refractivity contribution is 0.0952. The monoisotopic (exact) mass is 417 g/mol. The van der Waals surface area contributed by atoms with E-state index in [0.29, 0.717) is 30.5 Å². The number of fused-ring (bicyclic) bond motifs is 1. The SMILES string of the molecule is O=C(NCc1cccs1)c1cc(=O)[nH]c2ccc(S(=O)(=O)N3CCCC3)cc12. The third kappa shape index (κ3) is 3.60. The first-order valence-electron chi connectivity index (χ1n) is 8.93. The van der Waals surface area contributed by atoms with E-state index in [0.717, 1.165) is 17.7 Å². The lowest BCUT2D eigenvalue weighted by Crippen LogP contribution is -2.28. The number of hydrogen-bond donors (Lipinski definition) is 2. The fourth-order valence-corrected chi connectivity index (χ4v) is 5.52. The van der Waals surface area contributed by atoms with Crippen molar-refractivity contribution in [3.05, 3.63) is 62.6 Å². The topological polar surface area (TPSA) is 99.3 Å². The molecule has 1 saturated heterocycles. The van der Waals surface area contributed by atoms with Crippen LogP contribution in [-0.4, -0.2) is 36.7 Å². The molecule has 0 spiro atoms. The highest BCUT2D eigenvalue weighted by Crippen LogP contribution is 2.25. The minimum atomic E-state index is -3.62. The Bertz CT molecular complexity index is 1180. The highest BCUT2D eigenvalue weighted by atomic mass is 32.2. The van der Waals surface area contributed by atoms with Crippen molar-refractivity contribution < 1.29 is 13.2 Å². The van der Waals surface area contributed by atoms with Gasteiger partial charge in [-0.05, 0) is 42.5 Å². The van der Waals surface area contributed by atoms with Crippen molar-refractivity contribution in [3.63, 3.8) is 0 Å². The zero-order valence-corrected chi connectivity index (χ0v) is 16.6. The van der Waals surface area contributed by atoms with Crippen LogP contribution >= 0.6 is 11.3 Å². The number of hydrogen-bond acceptors (Lipinski definition) is 5. The fourth-order valence-electron chi connectivity index (χ4n) is 3.33. The minimum Gasteiger partial charge on any atom is -0.347 e. The Balaban J connectivity index is 1.73. The second kappa shape index (κ2) is 7.50. The zero-order chi connectivity index (χ0) is 19.7. The number of sulfonamides is 1. The molecular formula is C19H19N3O4S2. The molecule has 1 aliphatic rings. The van der Waals surface area contributed by atoms with E-state index in [-0.39, 0.29) is 10.5 Å². The van der Waals surface area contributed by atoms with E-state index in [1.807, 2.05) is 17.5 Å². The van der Waals surface area contributed by atoms with Crippen molar-refractivity contribution in [2.75, 3.05) is 13.1 Å². The minimum absolute atomic E-state index is 0.126. The number of amides is 1. The number of H-pyrrole nitrogens is 1. The third-order valence-electron chi connectivity index (χ3n) is 4.77. The predicted molar refractivity (Wildman–Crippen MR) is 108 cm³/mol. The molecule has 1 aromatic carbocycles. The lowest BCUT2D eigenvalue weighted by atomic mass is 10.1. The molecule has 0 bridgehead atoms. The first-order chi connectivity index (χ1) is 13.4. The molecule has 0 aliphatic carbocycles. The second-order valence-electron chi connectivity index (χ2n) is 6.63. The summed E-state index contributed by atoms with van der Waals surface area (Å²) in [5.41, 5.74) is 0.173. The summed E-state index contributed by atoms with van der Waals surface area (Å²) >= 11 is 1.52. The van der Waals surface area contributed by atoms with Crippen LogP contribution in [-0.2, 0) is 16.6 Å². The first kappa shape index (κ1) is 18.9. The van der Waals surface area contributed by atoms with Gasteiger partial charge in [0.2, 0.25) is 15.6 Å². The zero-order valence-electron chi connectivity index (χ0n) is 15.0. The van der Waals surface area contributed by atoms with Gasteiger partial charge in [0.15, 0.2) is 0 Å². The van der Waals surface area contributed by atoms with Gasteiger partial charge in [-0.15, -0.1) is 11.3 Å². The molecule has 0 unspecified atom stereocenters. The quantitative estimate of drug-likeness (QED) is 0.665. The van der Waals surface area contributed by atoms with E-state index in [1.54, 1.807) is 0 Å². The Morgan fingerprint density at radius 1 is 1.18 bits per heavy atom. The maximum atomic E-state index is 12.9. The molecule has 3 heterocycles. The van der Waals surface area contributed by atoms with Gasteiger partial charge < -0.3 is 10.3 Å². The lowest BCUT2D eigenvalue weighted by Gasteiger charge is -2.16. The molecule has 1 fully saturated rings. The van der Waals surface area contributed by atoms with Crippen molar-refractivity contribution in [1.29, 1.82) is 0 Å². The molecule has 1 aliphatic heterocycles. The standard InChI is InChI=1S/C19H19N3O4S2/c23-18-11-16(19(24)20-12-13-4-3-9-27-13)15-10-14(5-6-17(15)21-18)28(25,26)22-7-1-2-8-22/h3-6,9-11H,1-2,7-8,12H2,(H,20,24)(H,21,23). The number of thiophene rings is 1. The van der Waals surface area contributed by atoms with Crippen molar-refractivity contribution in [2.24, 2.45) is 0 Å². The molecule has 1 amide bonds. The highest BCUT2D eigenvalue weighted by molar-refractivity contribution is 7.89. The average Bonchev–Trinajstić information content (AvgIpc) is 3.39. The number of carbonyl (C=O) groups excluding carboxylic acids is 1. The highest BCUT2D eigenvalue weighted by Gasteiger charge is 2.27. The Morgan fingerprint density at radius 3 is 2.68 bits per heavy atom. The van der Waals surface area contributed by atoms with Gasteiger partial charge in [-0.1, -0.05) is 6.07 Å². The summed E-state index contributed by atoms with van der Waals surface area (Å²) < 4.78 is 27.2. The van der Waals surface area contributed by atoms with Gasteiger partial charge in [0, 0.05) is 34.9 Å². The molecule has 0 atom stereocenters. The molecular weight excluding hydrogens is 398 g/mol. The normalized spacial score (nSPS) is 15.1. The largest absolute Gasteiger partial charge is 0.347 e. The van der Waals surface area contributed by atoms with Crippen molar-refractivity contribution >= 4 is 38.2 Å². The van der Waals surface area contributed by atoms with Crippen LogP contribution in [0, 0.1) is 0 Å². The van der Waals surface area contributed by atoms with Crippen LogP contribution in [0.4, 0.5) is 0 Å². The molecule has 0 saturated carbocycles. The summed E-state index contributed by atoms with van der Waals surface area (Å²) in [6.07, 6.45) is 1.69. The van der Waals surface area contributed by atoms with Gasteiger partial charge in [0.05, 0.1) is 17.0 Å². The van der Waals surface area contributed by atoms with Crippen molar-refractivity contribution in [2.45, 2.75) is 24.3 Å². The molecule has 0 radical (unpaired) electrons. The number of carbonyl (C=O) groups is 1. The summed E-state index contributed by atoms with van der Waals surface area (Å²) in [4.78, 5) is 28.4. The van der Waals surface area contributed by atoms with Gasteiger partial charge in [-0.2, -0.15) is 4.31 Å². The van der Waals surface area contributed by atoms with Crippen LogP contribution in [0.5, 0.6) is 0 Å². The van der Waals surface area contributed by atoms with Crippen molar-refractivity contribution in [3.8, 4) is 0 Å². The van der Waals surface area contributed by atoms with Crippen LogP contribution in [0.25, 0.3) is 10.9 Å². The Labute approximate surface area is 166 Å². The van der Waals surface area contributed by atoms with Gasteiger partial charge in [0.1, 0.15) is 0 Å². The van der Waals surface area contributed by atoms with E-state index in [4.69, 9.17) is 0 Å². The molecule has 3 aromatic rings. The second-order valence-corrected chi connectivity index (χ2v) is 9.60. The van der Waals surface area contributed by atoms with E-state index in [1.165, 1.54) is 39.9 Å². The Kier molecular flexibility index (Phi) is 5.05. The summed E-state index contributed by atoms with van der Waals surface area (Å²) in [6, 6.07) is 9.48. The van der Waals surface area contributed by atoms with Gasteiger partial charge >= 0.3 is 0 Å². The van der Waals surface area contributed by atoms with Gasteiger partial charge in [-0.25, -0.2) is 8.42 Å². The molecule has 2 N–H and O–H groups in total.